The summed E-state index contributed by atoms with van der Waals surface area (Å²) in [5.74, 6) is 0.408. The van der Waals surface area contributed by atoms with Crippen molar-refractivity contribution < 1.29 is 9.47 Å². The predicted molar refractivity (Wildman–Crippen MR) is 127 cm³/mol. The van der Waals surface area contributed by atoms with Gasteiger partial charge in [-0.15, -0.1) is 0 Å². The van der Waals surface area contributed by atoms with Crippen LogP contribution in [0, 0.1) is 0 Å². The lowest BCUT2D eigenvalue weighted by molar-refractivity contribution is 0.0103. The summed E-state index contributed by atoms with van der Waals surface area (Å²) in [6.07, 6.45) is 3.33. The second kappa shape index (κ2) is 11.2. The summed E-state index contributed by atoms with van der Waals surface area (Å²) < 4.78 is 11.8. The van der Waals surface area contributed by atoms with E-state index in [9.17, 15) is 0 Å². The Kier molecular flexibility index (Phi) is 7.89. The number of methoxy groups -OCH3 is 1. The Morgan fingerprint density at radius 2 is 1.65 bits per heavy atom. The van der Waals surface area contributed by atoms with Crippen LogP contribution in [0.2, 0.25) is 0 Å². The number of nitrogens with one attached hydrogen (secondary N) is 1. The third-order valence-corrected chi connectivity index (χ3v) is 6.21. The molecule has 1 fully saturated rings. The number of benzene rings is 3. The molecule has 3 aromatic rings. The SMILES string of the molecule is COCCCc1ccccc1CO[C@H]1CNCC[C@@H]1c1cccc(-c2ccccc2)c1. The van der Waals surface area contributed by atoms with Gasteiger partial charge in [-0.05, 0) is 53.6 Å². The largest absolute Gasteiger partial charge is 0.385 e. The van der Waals surface area contributed by atoms with Gasteiger partial charge in [0.2, 0.25) is 0 Å². The molecule has 0 unspecified atom stereocenters. The molecule has 0 saturated carbocycles. The second-order valence-corrected chi connectivity index (χ2v) is 8.31. The van der Waals surface area contributed by atoms with Crippen molar-refractivity contribution in [2.75, 3.05) is 26.8 Å². The fraction of sp³-hybridized carbons (Fsp3) is 0.357. The molecule has 4 rings (SSSR count). The first kappa shape index (κ1) is 21.8. The topological polar surface area (TPSA) is 30.5 Å². The van der Waals surface area contributed by atoms with Crippen molar-refractivity contribution in [3.05, 3.63) is 95.6 Å². The molecule has 2 atom stereocenters. The van der Waals surface area contributed by atoms with Crippen LogP contribution in [0.4, 0.5) is 0 Å². The molecule has 1 aliphatic heterocycles. The van der Waals surface area contributed by atoms with Crippen LogP contribution in [0.3, 0.4) is 0 Å². The number of rotatable bonds is 9. The summed E-state index contributed by atoms with van der Waals surface area (Å²) in [6, 6.07) is 28.3. The Labute approximate surface area is 186 Å². The van der Waals surface area contributed by atoms with Gasteiger partial charge in [0.05, 0.1) is 12.7 Å². The molecular weight excluding hydrogens is 382 g/mol. The Bertz CT molecular complexity index is 941. The first-order chi connectivity index (χ1) is 15.3. The van der Waals surface area contributed by atoms with Crippen LogP contribution < -0.4 is 5.32 Å². The molecule has 0 amide bonds. The Morgan fingerprint density at radius 1 is 0.871 bits per heavy atom. The second-order valence-electron chi connectivity index (χ2n) is 8.31. The fourth-order valence-electron chi connectivity index (χ4n) is 4.51. The van der Waals surface area contributed by atoms with E-state index in [1.807, 2.05) is 0 Å². The van der Waals surface area contributed by atoms with Crippen LogP contribution in [-0.4, -0.2) is 32.9 Å². The van der Waals surface area contributed by atoms with Gasteiger partial charge in [-0.1, -0.05) is 78.9 Å². The quantitative estimate of drug-likeness (QED) is 0.462. The van der Waals surface area contributed by atoms with E-state index in [2.05, 4.69) is 84.2 Å². The zero-order valence-corrected chi connectivity index (χ0v) is 18.4. The van der Waals surface area contributed by atoms with Crippen LogP contribution in [-0.2, 0) is 22.5 Å². The third kappa shape index (κ3) is 5.82. The molecule has 3 aromatic carbocycles. The molecule has 0 radical (unpaired) electrons. The number of hydrogen-bond acceptors (Lipinski definition) is 3. The van der Waals surface area contributed by atoms with Gasteiger partial charge in [0.25, 0.3) is 0 Å². The average molecular weight is 416 g/mol. The van der Waals surface area contributed by atoms with Gasteiger partial charge < -0.3 is 14.8 Å². The highest BCUT2D eigenvalue weighted by Gasteiger charge is 2.27. The first-order valence-electron chi connectivity index (χ1n) is 11.4. The Balaban J connectivity index is 1.47. The van der Waals surface area contributed by atoms with E-state index in [-0.39, 0.29) is 6.10 Å². The monoisotopic (exact) mass is 415 g/mol. The summed E-state index contributed by atoms with van der Waals surface area (Å²) in [4.78, 5) is 0. The van der Waals surface area contributed by atoms with Gasteiger partial charge in [0.15, 0.2) is 0 Å². The minimum absolute atomic E-state index is 0.173. The Morgan fingerprint density at radius 3 is 2.48 bits per heavy atom. The maximum atomic E-state index is 6.53. The molecule has 0 bridgehead atoms. The van der Waals surface area contributed by atoms with Crippen molar-refractivity contribution in [2.45, 2.75) is 37.9 Å². The van der Waals surface area contributed by atoms with Crippen LogP contribution in [0.1, 0.15) is 35.4 Å². The molecule has 0 spiro atoms. The van der Waals surface area contributed by atoms with Crippen molar-refractivity contribution in [1.29, 1.82) is 0 Å². The van der Waals surface area contributed by atoms with Crippen molar-refractivity contribution in [3.63, 3.8) is 0 Å². The number of aryl methyl sites for hydroxylation is 1. The number of ether oxygens (including phenoxy) is 2. The van der Waals surface area contributed by atoms with E-state index in [0.29, 0.717) is 12.5 Å². The van der Waals surface area contributed by atoms with Crippen LogP contribution >= 0.6 is 0 Å². The highest BCUT2D eigenvalue weighted by molar-refractivity contribution is 5.64. The zero-order chi connectivity index (χ0) is 21.3. The third-order valence-electron chi connectivity index (χ3n) is 6.21. The average Bonchev–Trinajstić information content (AvgIpc) is 2.84. The van der Waals surface area contributed by atoms with Crippen molar-refractivity contribution in [3.8, 4) is 11.1 Å². The van der Waals surface area contributed by atoms with Crippen LogP contribution in [0.5, 0.6) is 0 Å². The zero-order valence-electron chi connectivity index (χ0n) is 18.4. The molecule has 3 nitrogen and oxygen atoms in total. The number of hydrogen-bond donors (Lipinski definition) is 1. The van der Waals surface area contributed by atoms with E-state index in [4.69, 9.17) is 9.47 Å². The van der Waals surface area contributed by atoms with Crippen molar-refractivity contribution >= 4 is 0 Å². The minimum atomic E-state index is 0.173. The van der Waals surface area contributed by atoms with Gasteiger partial charge in [-0.25, -0.2) is 0 Å². The van der Waals surface area contributed by atoms with E-state index in [1.165, 1.54) is 27.8 Å². The standard InChI is InChI=1S/C28H33NO2/c1-30-18-8-15-23-11-5-6-12-26(23)21-31-28-20-29-17-16-27(28)25-14-7-13-24(19-25)22-9-3-2-4-10-22/h2-7,9-14,19,27-29H,8,15-18,20-21H2,1H3/t27-,28+/m1/s1. The molecular formula is C28H33NO2. The molecule has 0 aromatic heterocycles. The lowest BCUT2D eigenvalue weighted by Gasteiger charge is -2.33. The molecule has 1 heterocycles. The minimum Gasteiger partial charge on any atom is -0.385 e. The van der Waals surface area contributed by atoms with Gasteiger partial charge in [-0.3, -0.25) is 0 Å². The van der Waals surface area contributed by atoms with Gasteiger partial charge in [0.1, 0.15) is 0 Å². The lowest BCUT2D eigenvalue weighted by Crippen LogP contribution is -2.41. The van der Waals surface area contributed by atoms with E-state index >= 15 is 0 Å². The van der Waals surface area contributed by atoms with Gasteiger partial charge in [-0.2, -0.15) is 0 Å². The normalized spacial score (nSPS) is 18.7. The maximum absolute atomic E-state index is 6.53. The summed E-state index contributed by atoms with van der Waals surface area (Å²) in [7, 11) is 1.76. The number of piperidine rings is 1. The van der Waals surface area contributed by atoms with Crippen LogP contribution in [0.25, 0.3) is 11.1 Å². The van der Waals surface area contributed by atoms with E-state index < -0.39 is 0 Å². The molecule has 1 N–H and O–H groups in total. The predicted octanol–water partition coefficient (Wildman–Crippen LogP) is 5.59. The molecule has 162 valence electrons. The maximum Gasteiger partial charge on any atom is 0.0772 e. The molecule has 1 saturated heterocycles. The van der Waals surface area contributed by atoms with Gasteiger partial charge >= 0.3 is 0 Å². The Hall–Kier alpha value is -2.46. The molecule has 31 heavy (non-hydrogen) atoms. The summed E-state index contributed by atoms with van der Waals surface area (Å²) in [5.41, 5.74) is 6.58. The highest BCUT2D eigenvalue weighted by atomic mass is 16.5. The first-order valence-corrected chi connectivity index (χ1v) is 11.4. The summed E-state index contributed by atoms with van der Waals surface area (Å²) in [6.45, 7) is 3.38. The molecule has 3 heteroatoms. The fourth-order valence-corrected chi connectivity index (χ4v) is 4.51. The van der Waals surface area contributed by atoms with Crippen molar-refractivity contribution in [2.24, 2.45) is 0 Å². The highest BCUT2D eigenvalue weighted by Crippen LogP contribution is 2.31. The molecule has 1 aliphatic rings. The lowest BCUT2D eigenvalue weighted by atomic mass is 9.86. The van der Waals surface area contributed by atoms with Crippen LogP contribution in [0.15, 0.2) is 78.9 Å². The van der Waals surface area contributed by atoms with E-state index in [1.54, 1.807) is 7.11 Å². The van der Waals surface area contributed by atoms with E-state index in [0.717, 1.165) is 39.0 Å². The smallest absolute Gasteiger partial charge is 0.0772 e. The van der Waals surface area contributed by atoms with Gasteiger partial charge in [0, 0.05) is 26.2 Å². The molecule has 0 aliphatic carbocycles. The summed E-state index contributed by atoms with van der Waals surface area (Å²) in [5, 5.41) is 3.53. The van der Waals surface area contributed by atoms with Crippen molar-refractivity contribution in [1.82, 2.24) is 5.32 Å². The summed E-state index contributed by atoms with van der Waals surface area (Å²) >= 11 is 0.